The standard InChI is InChI=1S/C16H23O6P/c1-4-19-16(17)15(12-14-10-8-7-9-11-14)13-22-23(18,20-5-2)21-6-3/h7-12H,4-6,13H2,1-3H3/b15-12+. The van der Waals surface area contributed by atoms with E-state index in [2.05, 4.69) is 0 Å². The van der Waals surface area contributed by atoms with Gasteiger partial charge in [0.1, 0.15) is 0 Å². The molecule has 1 rings (SSSR count). The van der Waals surface area contributed by atoms with Crippen LogP contribution in [-0.4, -0.2) is 32.4 Å². The van der Waals surface area contributed by atoms with Gasteiger partial charge in [-0.3, -0.25) is 13.6 Å². The van der Waals surface area contributed by atoms with Gasteiger partial charge in [0, 0.05) is 0 Å². The lowest BCUT2D eigenvalue weighted by Gasteiger charge is -2.17. The number of benzene rings is 1. The number of hydrogen-bond acceptors (Lipinski definition) is 6. The predicted molar refractivity (Wildman–Crippen MR) is 87.9 cm³/mol. The van der Waals surface area contributed by atoms with E-state index >= 15 is 0 Å². The van der Waals surface area contributed by atoms with E-state index in [1.165, 1.54) is 0 Å². The molecule has 0 heterocycles. The molecule has 0 amide bonds. The topological polar surface area (TPSA) is 71.1 Å². The van der Waals surface area contributed by atoms with Gasteiger partial charge in [-0.15, -0.1) is 0 Å². The van der Waals surface area contributed by atoms with E-state index in [9.17, 15) is 9.36 Å². The minimum atomic E-state index is -3.69. The van der Waals surface area contributed by atoms with Crippen LogP contribution in [0.15, 0.2) is 35.9 Å². The minimum absolute atomic E-state index is 0.175. The Morgan fingerprint density at radius 3 is 2.13 bits per heavy atom. The fraction of sp³-hybridized carbons (Fsp3) is 0.438. The SMILES string of the molecule is CCOC(=O)/C(=C/c1ccccc1)COP(=O)(OCC)OCC. The number of carbonyl (C=O) groups excluding carboxylic acids is 1. The molecule has 0 unspecified atom stereocenters. The average Bonchev–Trinajstić information content (AvgIpc) is 2.53. The third-order valence-electron chi connectivity index (χ3n) is 2.63. The van der Waals surface area contributed by atoms with Crippen molar-refractivity contribution >= 4 is 19.9 Å². The van der Waals surface area contributed by atoms with Crippen LogP contribution in [0.5, 0.6) is 0 Å². The van der Waals surface area contributed by atoms with Crippen molar-refractivity contribution in [3.63, 3.8) is 0 Å². The normalized spacial score (nSPS) is 12.2. The fourth-order valence-corrected chi connectivity index (χ4v) is 2.86. The summed E-state index contributed by atoms with van der Waals surface area (Å²) in [6, 6.07) is 9.24. The highest BCUT2D eigenvalue weighted by atomic mass is 31.2. The lowest BCUT2D eigenvalue weighted by Crippen LogP contribution is -2.13. The lowest BCUT2D eigenvalue weighted by atomic mass is 10.1. The van der Waals surface area contributed by atoms with Gasteiger partial charge in [-0.05, 0) is 32.4 Å². The summed E-state index contributed by atoms with van der Waals surface area (Å²) in [5.41, 5.74) is 1.04. The largest absolute Gasteiger partial charge is 0.475 e. The summed E-state index contributed by atoms with van der Waals surface area (Å²) in [7, 11) is -3.69. The van der Waals surface area contributed by atoms with E-state index < -0.39 is 13.8 Å². The summed E-state index contributed by atoms with van der Waals surface area (Å²) in [5.74, 6) is -0.532. The van der Waals surface area contributed by atoms with Crippen LogP contribution in [-0.2, 0) is 27.7 Å². The van der Waals surface area contributed by atoms with Crippen molar-refractivity contribution in [2.24, 2.45) is 0 Å². The molecule has 0 aromatic heterocycles. The first-order valence-electron chi connectivity index (χ1n) is 7.51. The van der Waals surface area contributed by atoms with Gasteiger partial charge < -0.3 is 4.74 Å². The van der Waals surface area contributed by atoms with Crippen molar-refractivity contribution in [2.45, 2.75) is 20.8 Å². The van der Waals surface area contributed by atoms with Crippen molar-refractivity contribution in [1.29, 1.82) is 0 Å². The molecule has 0 aliphatic carbocycles. The first-order valence-corrected chi connectivity index (χ1v) is 8.97. The average molecular weight is 342 g/mol. The molecule has 0 spiro atoms. The van der Waals surface area contributed by atoms with Crippen LogP contribution in [0.3, 0.4) is 0 Å². The van der Waals surface area contributed by atoms with Gasteiger partial charge in [0.15, 0.2) is 0 Å². The molecule has 0 N–H and O–H groups in total. The Morgan fingerprint density at radius 2 is 1.61 bits per heavy atom. The first kappa shape index (κ1) is 19.6. The van der Waals surface area contributed by atoms with Crippen LogP contribution in [0.2, 0.25) is 0 Å². The first-order chi connectivity index (χ1) is 11.0. The summed E-state index contributed by atoms with van der Waals surface area (Å²) in [6.07, 6.45) is 1.63. The Bertz CT molecular complexity index is 545. The van der Waals surface area contributed by atoms with Gasteiger partial charge in [-0.25, -0.2) is 9.36 Å². The Balaban J connectivity index is 2.91. The number of carbonyl (C=O) groups is 1. The van der Waals surface area contributed by atoms with Gasteiger partial charge in [0.2, 0.25) is 0 Å². The van der Waals surface area contributed by atoms with Gasteiger partial charge in [-0.1, -0.05) is 30.3 Å². The summed E-state index contributed by atoms with van der Waals surface area (Å²) >= 11 is 0. The second kappa shape index (κ2) is 10.3. The third kappa shape index (κ3) is 7.10. The summed E-state index contributed by atoms with van der Waals surface area (Å²) < 4.78 is 32.6. The second-order valence-electron chi connectivity index (χ2n) is 4.36. The molecule has 7 heteroatoms. The van der Waals surface area contributed by atoms with Gasteiger partial charge in [0.05, 0.1) is 32.0 Å². The van der Waals surface area contributed by atoms with Crippen LogP contribution < -0.4 is 0 Å². The molecule has 1 aromatic carbocycles. The zero-order valence-electron chi connectivity index (χ0n) is 13.7. The highest BCUT2D eigenvalue weighted by molar-refractivity contribution is 7.48. The fourth-order valence-electron chi connectivity index (χ4n) is 1.71. The monoisotopic (exact) mass is 342 g/mol. The summed E-state index contributed by atoms with van der Waals surface area (Å²) in [5, 5.41) is 0. The number of phosphoric ester groups is 1. The number of hydrogen-bond donors (Lipinski definition) is 0. The van der Waals surface area contributed by atoms with E-state index in [4.69, 9.17) is 18.3 Å². The molecule has 128 valence electrons. The molecule has 0 atom stereocenters. The smallest absolute Gasteiger partial charge is 0.463 e. The Morgan fingerprint density at radius 1 is 1.00 bits per heavy atom. The number of rotatable bonds is 10. The Labute approximate surface area is 137 Å². The molecule has 23 heavy (non-hydrogen) atoms. The zero-order valence-corrected chi connectivity index (χ0v) is 14.6. The van der Waals surface area contributed by atoms with Crippen molar-refractivity contribution in [3.05, 3.63) is 41.5 Å². The third-order valence-corrected chi connectivity index (χ3v) is 4.22. The number of ether oxygens (including phenoxy) is 1. The molecule has 0 fully saturated rings. The quantitative estimate of drug-likeness (QED) is 0.366. The van der Waals surface area contributed by atoms with Crippen molar-refractivity contribution in [3.8, 4) is 0 Å². The molecule has 6 nitrogen and oxygen atoms in total. The van der Waals surface area contributed by atoms with E-state index in [1.54, 1.807) is 26.8 Å². The number of phosphoric acid groups is 1. The molecular weight excluding hydrogens is 319 g/mol. The predicted octanol–water partition coefficient (Wildman–Crippen LogP) is 3.83. The lowest BCUT2D eigenvalue weighted by molar-refractivity contribution is -0.138. The maximum atomic E-state index is 12.3. The molecule has 0 bridgehead atoms. The highest BCUT2D eigenvalue weighted by Crippen LogP contribution is 2.49. The zero-order chi connectivity index (χ0) is 17.1. The van der Waals surface area contributed by atoms with Crippen LogP contribution in [0, 0.1) is 0 Å². The summed E-state index contributed by atoms with van der Waals surface area (Å²) in [6.45, 7) is 5.43. The van der Waals surface area contributed by atoms with Crippen molar-refractivity contribution in [2.75, 3.05) is 26.4 Å². The van der Waals surface area contributed by atoms with Gasteiger partial charge >= 0.3 is 13.8 Å². The van der Waals surface area contributed by atoms with Crippen molar-refractivity contribution in [1.82, 2.24) is 0 Å². The van der Waals surface area contributed by atoms with E-state index in [0.29, 0.717) is 0 Å². The Kier molecular flexibility index (Phi) is 8.81. The van der Waals surface area contributed by atoms with E-state index in [-0.39, 0.29) is 32.0 Å². The number of esters is 1. The van der Waals surface area contributed by atoms with Crippen molar-refractivity contribution < 1.29 is 27.7 Å². The van der Waals surface area contributed by atoms with Crippen LogP contribution in [0.25, 0.3) is 6.08 Å². The van der Waals surface area contributed by atoms with Crippen LogP contribution in [0.4, 0.5) is 0 Å². The van der Waals surface area contributed by atoms with Crippen LogP contribution in [0.1, 0.15) is 26.3 Å². The summed E-state index contributed by atoms with van der Waals surface area (Å²) in [4.78, 5) is 12.0. The highest BCUT2D eigenvalue weighted by Gasteiger charge is 2.27. The van der Waals surface area contributed by atoms with Crippen LogP contribution >= 0.6 is 7.82 Å². The Hall–Kier alpha value is -1.46. The van der Waals surface area contributed by atoms with E-state index in [1.807, 2.05) is 30.3 Å². The molecule has 0 aliphatic heterocycles. The molecular formula is C16H23O6P. The minimum Gasteiger partial charge on any atom is -0.463 e. The molecule has 1 aromatic rings. The van der Waals surface area contributed by atoms with Gasteiger partial charge in [-0.2, -0.15) is 0 Å². The maximum absolute atomic E-state index is 12.3. The molecule has 0 radical (unpaired) electrons. The van der Waals surface area contributed by atoms with E-state index in [0.717, 1.165) is 5.56 Å². The van der Waals surface area contributed by atoms with Gasteiger partial charge in [0.25, 0.3) is 0 Å². The molecule has 0 aliphatic rings. The maximum Gasteiger partial charge on any atom is 0.475 e. The molecule has 0 saturated carbocycles. The molecule has 0 saturated heterocycles. The second-order valence-corrected chi connectivity index (χ2v) is 6.03.